The van der Waals surface area contributed by atoms with Crippen LogP contribution in [0.5, 0.6) is 0 Å². The molecule has 0 aliphatic carbocycles. The fourth-order valence-electron chi connectivity index (χ4n) is 3.14. The van der Waals surface area contributed by atoms with Crippen molar-refractivity contribution in [1.82, 2.24) is 9.80 Å². The van der Waals surface area contributed by atoms with E-state index in [-0.39, 0.29) is 11.9 Å². The van der Waals surface area contributed by atoms with Crippen molar-refractivity contribution in [3.63, 3.8) is 0 Å². The van der Waals surface area contributed by atoms with Crippen LogP contribution in [0, 0.1) is 19.7 Å². The SMILES string of the molecule is Cc1cc(C)c(C(O)C2CN(C)CCCN2C)c(F)c1. The molecule has 4 heteroatoms. The molecule has 0 saturated carbocycles. The Balaban J connectivity index is 2.32. The van der Waals surface area contributed by atoms with Gasteiger partial charge in [0.05, 0.1) is 12.1 Å². The lowest BCUT2D eigenvalue weighted by Gasteiger charge is -2.32. The Morgan fingerprint density at radius 1 is 1.25 bits per heavy atom. The standard InChI is InChI=1S/C16H25FN2O/c1-11-8-12(2)15(13(17)9-11)16(20)14-10-18(3)6-5-7-19(14)4/h8-9,14,16,20H,5-7,10H2,1-4H3. The Morgan fingerprint density at radius 2 is 1.95 bits per heavy atom. The minimum Gasteiger partial charge on any atom is -0.387 e. The summed E-state index contributed by atoms with van der Waals surface area (Å²) in [4.78, 5) is 4.35. The molecule has 0 spiro atoms. The molecular weight excluding hydrogens is 255 g/mol. The highest BCUT2D eigenvalue weighted by molar-refractivity contribution is 5.34. The van der Waals surface area contributed by atoms with Crippen molar-refractivity contribution in [3.8, 4) is 0 Å². The van der Waals surface area contributed by atoms with Gasteiger partial charge in [-0.15, -0.1) is 0 Å². The van der Waals surface area contributed by atoms with E-state index >= 15 is 0 Å². The van der Waals surface area contributed by atoms with Crippen LogP contribution in [0.1, 0.15) is 29.2 Å². The summed E-state index contributed by atoms with van der Waals surface area (Å²) in [6, 6.07) is 3.37. The third kappa shape index (κ3) is 3.19. The quantitative estimate of drug-likeness (QED) is 0.899. The lowest BCUT2D eigenvalue weighted by molar-refractivity contribution is 0.0543. The molecule has 112 valence electrons. The van der Waals surface area contributed by atoms with Crippen LogP contribution < -0.4 is 0 Å². The molecule has 2 rings (SSSR count). The molecule has 1 N–H and O–H groups in total. The zero-order valence-electron chi connectivity index (χ0n) is 12.9. The van der Waals surface area contributed by atoms with Crippen LogP contribution in [0.25, 0.3) is 0 Å². The molecule has 1 saturated heterocycles. The molecule has 2 unspecified atom stereocenters. The second-order valence-electron chi connectivity index (χ2n) is 6.09. The molecule has 0 bridgehead atoms. The highest BCUT2D eigenvalue weighted by Gasteiger charge is 2.30. The maximum absolute atomic E-state index is 14.3. The van der Waals surface area contributed by atoms with Crippen molar-refractivity contribution >= 4 is 0 Å². The van der Waals surface area contributed by atoms with E-state index < -0.39 is 6.10 Å². The molecule has 1 fully saturated rings. The number of benzene rings is 1. The van der Waals surface area contributed by atoms with Crippen molar-refractivity contribution in [1.29, 1.82) is 0 Å². The minimum atomic E-state index is -0.791. The third-order valence-corrected chi connectivity index (χ3v) is 4.26. The van der Waals surface area contributed by atoms with E-state index in [0.717, 1.165) is 37.2 Å². The van der Waals surface area contributed by atoms with Gasteiger partial charge in [-0.2, -0.15) is 0 Å². The number of nitrogens with zero attached hydrogens (tertiary/aromatic N) is 2. The number of likely N-dealkylation sites (N-methyl/N-ethyl adjacent to an activating group) is 2. The Bertz CT molecular complexity index is 455. The summed E-state index contributed by atoms with van der Waals surface area (Å²) >= 11 is 0. The van der Waals surface area contributed by atoms with E-state index in [1.165, 1.54) is 6.07 Å². The molecule has 2 atom stereocenters. The number of hydrogen-bond donors (Lipinski definition) is 1. The predicted molar refractivity (Wildman–Crippen MR) is 79.4 cm³/mol. The lowest BCUT2D eigenvalue weighted by atomic mass is 9.95. The molecule has 3 nitrogen and oxygen atoms in total. The van der Waals surface area contributed by atoms with E-state index in [9.17, 15) is 9.50 Å². The van der Waals surface area contributed by atoms with Crippen molar-refractivity contribution in [2.24, 2.45) is 0 Å². The van der Waals surface area contributed by atoms with Crippen molar-refractivity contribution in [2.75, 3.05) is 33.7 Å². The van der Waals surface area contributed by atoms with Gasteiger partial charge in [-0.1, -0.05) is 6.07 Å². The molecule has 1 aromatic carbocycles. The summed E-state index contributed by atoms with van der Waals surface area (Å²) in [5.74, 6) is -0.296. The smallest absolute Gasteiger partial charge is 0.129 e. The van der Waals surface area contributed by atoms with Crippen LogP contribution in [-0.4, -0.2) is 54.7 Å². The first-order valence-electron chi connectivity index (χ1n) is 7.23. The molecule has 20 heavy (non-hydrogen) atoms. The van der Waals surface area contributed by atoms with E-state index in [4.69, 9.17) is 0 Å². The molecule has 0 radical (unpaired) electrons. The maximum Gasteiger partial charge on any atom is 0.129 e. The van der Waals surface area contributed by atoms with Gasteiger partial charge >= 0.3 is 0 Å². The number of aliphatic hydroxyl groups excluding tert-OH is 1. The highest BCUT2D eigenvalue weighted by Crippen LogP contribution is 2.28. The van der Waals surface area contributed by atoms with Crippen LogP contribution in [0.3, 0.4) is 0 Å². The van der Waals surface area contributed by atoms with Crippen LogP contribution in [-0.2, 0) is 0 Å². The fraction of sp³-hybridized carbons (Fsp3) is 0.625. The maximum atomic E-state index is 14.3. The van der Waals surface area contributed by atoms with Crippen LogP contribution in [0.4, 0.5) is 4.39 Å². The Kier molecular flexibility index (Phi) is 4.78. The van der Waals surface area contributed by atoms with Gasteiger partial charge in [0.25, 0.3) is 0 Å². The van der Waals surface area contributed by atoms with Crippen molar-refractivity contribution in [2.45, 2.75) is 32.4 Å². The van der Waals surface area contributed by atoms with Crippen molar-refractivity contribution in [3.05, 3.63) is 34.6 Å². The molecule has 1 aliphatic rings. The lowest BCUT2D eigenvalue weighted by Crippen LogP contribution is -2.42. The summed E-state index contributed by atoms with van der Waals surface area (Å²) in [6.07, 6.45) is 0.284. The first-order valence-corrected chi connectivity index (χ1v) is 7.23. The summed E-state index contributed by atoms with van der Waals surface area (Å²) in [5, 5.41) is 10.7. The van der Waals surface area contributed by atoms with E-state index in [2.05, 4.69) is 16.8 Å². The van der Waals surface area contributed by atoms with E-state index in [0.29, 0.717) is 5.56 Å². The van der Waals surface area contributed by atoms with E-state index in [1.54, 1.807) is 0 Å². The number of aliphatic hydroxyl groups is 1. The zero-order valence-corrected chi connectivity index (χ0v) is 12.9. The van der Waals surface area contributed by atoms with Gasteiger partial charge < -0.3 is 10.0 Å². The molecule has 1 aliphatic heterocycles. The largest absolute Gasteiger partial charge is 0.387 e. The topological polar surface area (TPSA) is 26.7 Å². The zero-order chi connectivity index (χ0) is 14.9. The Hall–Kier alpha value is -0.970. The van der Waals surface area contributed by atoms with Crippen LogP contribution in [0.15, 0.2) is 12.1 Å². The Morgan fingerprint density at radius 3 is 2.60 bits per heavy atom. The van der Waals surface area contributed by atoms with Gasteiger partial charge in [0.15, 0.2) is 0 Å². The molecule has 1 heterocycles. The third-order valence-electron chi connectivity index (χ3n) is 4.26. The molecule has 0 amide bonds. The first-order chi connectivity index (χ1) is 9.40. The second-order valence-corrected chi connectivity index (χ2v) is 6.09. The summed E-state index contributed by atoms with van der Waals surface area (Å²) in [6.45, 7) is 6.44. The average molecular weight is 280 g/mol. The second kappa shape index (κ2) is 6.20. The van der Waals surface area contributed by atoms with Gasteiger partial charge in [-0.25, -0.2) is 4.39 Å². The van der Waals surface area contributed by atoms with Gasteiger partial charge in [0.1, 0.15) is 5.82 Å². The van der Waals surface area contributed by atoms with Crippen molar-refractivity contribution < 1.29 is 9.50 Å². The monoisotopic (exact) mass is 280 g/mol. The summed E-state index contributed by atoms with van der Waals surface area (Å²) < 4.78 is 14.3. The number of rotatable bonds is 2. The molecular formula is C16H25FN2O. The number of hydrogen-bond acceptors (Lipinski definition) is 3. The fourth-order valence-corrected chi connectivity index (χ4v) is 3.14. The van der Waals surface area contributed by atoms with Crippen LogP contribution in [0.2, 0.25) is 0 Å². The van der Waals surface area contributed by atoms with Crippen LogP contribution >= 0.6 is 0 Å². The predicted octanol–water partition coefficient (Wildman–Crippen LogP) is 2.11. The summed E-state index contributed by atoms with van der Waals surface area (Å²) in [5.41, 5.74) is 2.17. The first kappa shape index (κ1) is 15.4. The summed E-state index contributed by atoms with van der Waals surface area (Å²) in [7, 11) is 4.06. The van der Waals surface area contributed by atoms with E-state index in [1.807, 2.05) is 27.0 Å². The number of halogens is 1. The Labute approximate surface area is 121 Å². The van der Waals surface area contributed by atoms with Gasteiger partial charge in [-0.05, 0) is 64.6 Å². The number of aryl methyl sites for hydroxylation is 2. The van der Waals surface area contributed by atoms with Gasteiger partial charge in [0, 0.05) is 12.1 Å². The molecule has 0 aromatic heterocycles. The highest BCUT2D eigenvalue weighted by atomic mass is 19.1. The molecule has 1 aromatic rings. The van der Waals surface area contributed by atoms with Gasteiger partial charge in [-0.3, -0.25) is 4.90 Å². The van der Waals surface area contributed by atoms with Gasteiger partial charge in [0.2, 0.25) is 0 Å². The normalized spacial score (nSPS) is 23.6. The average Bonchev–Trinajstić information content (AvgIpc) is 2.49. The minimum absolute atomic E-state index is 0.0709.